The summed E-state index contributed by atoms with van der Waals surface area (Å²) in [5.41, 5.74) is 5.81. The quantitative estimate of drug-likeness (QED) is 0.691. The van der Waals surface area contributed by atoms with E-state index in [1.54, 1.807) is 6.07 Å². The summed E-state index contributed by atoms with van der Waals surface area (Å²) >= 11 is 0. The molecule has 1 aromatic carbocycles. The van der Waals surface area contributed by atoms with Gasteiger partial charge in [-0.15, -0.1) is 0 Å². The van der Waals surface area contributed by atoms with E-state index in [1.165, 1.54) is 18.4 Å². The van der Waals surface area contributed by atoms with Crippen LogP contribution in [0, 0.1) is 13.8 Å². The maximum Gasteiger partial charge on any atom is 0.343 e. The highest BCUT2D eigenvalue weighted by Crippen LogP contribution is 2.30. The Kier molecular flexibility index (Phi) is 6.26. The molecule has 0 aliphatic heterocycles. The normalized spacial score (nSPS) is 10.5. The number of methoxy groups -OCH3 is 1. The zero-order valence-corrected chi connectivity index (χ0v) is 17.2. The fraction of sp³-hybridized carbons (Fsp3) is 0.364. The number of carbonyl (C=O) groups excluding carboxylic acids is 1. The Bertz CT molecular complexity index is 1040. The van der Waals surface area contributed by atoms with Crippen LogP contribution in [0.1, 0.15) is 48.0 Å². The van der Waals surface area contributed by atoms with Crippen molar-refractivity contribution in [3.8, 4) is 11.3 Å². The standard InChI is InChI=1S/C20H22N2O3.C2H6/c1-6-13-9-16(20(24)25-5)19(23)21-18(13)14-7-8-17-15(10-14)11(2)12(3)22(17)4;1-2/h7-10H,6H2,1-5H3,(H,21,23);1-2H3. The lowest BCUT2D eigenvalue weighted by atomic mass is 10.00. The lowest BCUT2D eigenvalue weighted by Gasteiger charge is -2.10. The van der Waals surface area contributed by atoms with Crippen LogP contribution in [0.25, 0.3) is 22.2 Å². The van der Waals surface area contributed by atoms with E-state index in [0.29, 0.717) is 6.42 Å². The fourth-order valence-corrected chi connectivity index (χ4v) is 3.28. The number of aryl methyl sites for hydroxylation is 3. The summed E-state index contributed by atoms with van der Waals surface area (Å²) in [4.78, 5) is 26.9. The Hall–Kier alpha value is -2.82. The third-order valence-electron chi connectivity index (χ3n) is 5.01. The van der Waals surface area contributed by atoms with Gasteiger partial charge in [0, 0.05) is 23.6 Å². The molecule has 5 nitrogen and oxygen atoms in total. The first-order chi connectivity index (χ1) is 12.9. The summed E-state index contributed by atoms with van der Waals surface area (Å²) in [6.07, 6.45) is 0.695. The van der Waals surface area contributed by atoms with Crippen LogP contribution in [0.15, 0.2) is 29.1 Å². The van der Waals surface area contributed by atoms with Crippen LogP contribution >= 0.6 is 0 Å². The number of carbonyl (C=O) groups is 1. The van der Waals surface area contributed by atoms with Gasteiger partial charge in [0.2, 0.25) is 0 Å². The molecule has 3 aromatic rings. The first-order valence-corrected chi connectivity index (χ1v) is 9.29. The van der Waals surface area contributed by atoms with Gasteiger partial charge in [-0.1, -0.05) is 26.8 Å². The minimum Gasteiger partial charge on any atom is -0.465 e. The number of hydrogen-bond donors (Lipinski definition) is 1. The number of pyridine rings is 1. The minimum absolute atomic E-state index is 0.0379. The second-order valence-electron chi connectivity index (χ2n) is 6.26. The van der Waals surface area contributed by atoms with Crippen molar-refractivity contribution in [2.45, 2.75) is 41.0 Å². The number of nitrogens with one attached hydrogen (secondary N) is 1. The molecule has 0 saturated heterocycles. The topological polar surface area (TPSA) is 64.1 Å². The first-order valence-electron chi connectivity index (χ1n) is 9.29. The number of hydrogen-bond acceptors (Lipinski definition) is 3. The van der Waals surface area contributed by atoms with Crippen molar-refractivity contribution in [3.63, 3.8) is 0 Å². The van der Waals surface area contributed by atoms with Gasteiger partial charge in [0.1, 0.15) is 5.56 Å². The van der Waals surface area contributed by atoms with Gasteiger partial charge in [-0.25, -0.2) is 4.79 Å². The molecule has 0 spiro atoms. The molecule has 1 N–H and O–H groups in total. The molecule has 144 valence electrons. The monoisotopic (exact) mass is 368 g/mol. The molecular weight excluding hydrogens is 340 g/mol. The Balaban J connectivity index is 0.00000126. The molecule has 0 fully saturated rings. The van der Waals surface area contributed by atoms with Gasteiger partial charge in [-0.05, 0) is 55.2 Å². The third-order valence-corrected chi connectivity index (χ3v) is 5.01. The predicted molar refractivity (Wildman–Crippen MR) is 111 cm³/mol. The van der Waals surface area contributed by atoms with Crippen LogP contribution in [-0.2, 0) is 18.2 Å². The van der Waals surface area contributed by atoms with E-state index in [0.717, 1.165) is 27.7 Å². The van der Waals surface area contributed by atoms with Crippen LogP contribution in [0.2, 0.25) is 0 Å². The van der Waals surface area contributed by atoms with Crippen LogP contribution in [0.4, 0.5) is 0 Å². The van der Waals surface area contributed by atoms with E-state index in [4.69, 9.17) is 0 Å². The molecule has 0 radical (unpaired) electrons. The zero-order chi connectivity index (χ0) is 20.3. The highest BCUT2D eigenvalue weighted by atomic mass is 16.5. The molecule has 0 bridgehead atoms. The predicted octanol–water partition coefficient (Wildman–Crippen LogP) is 4.53. The van der Waals surface area contributed by atoms with Crippen molar-refractivity contribution in [1.29, 1.82) is 0 Å². The van der Waals surface area contributed by atoms with Gasteiger partial charge in [-0.2, -0.15) is 0 Å². The lowest BCUT2D eigenvalue weighted by Crippen LogP contribution is -2.20. The number of rotatable bonds is 3. The number of nitrogens with zero attached hydrogens (tertiary/aromatic N) is 1. The minimum atomic E-state index is -0.618. The Morgan fingerprint density at radius 2 is 1.85 bits per heavy atom. The van der Waals surface area contributed by atoms with Crippen molar-refractivity contribution >= 4 is 16.9 Å². The molecule has 0 unspecified atom stereocenters. The summed E-state index contributed by atoms with van der Waals surface area (Å²) in [6.45, 7) is 10.2. The number of benzene rings is 1. The second-order valence-corrected chi connectivity index (χ2v) is 6.26. The molecule has 0 aliphatic rings. The smallest absolute Gasteiger partial charge is 0.343 e. The van der Waals surface area contributed by atoms with Crippen LogP contribution in [0.3, 0.4) is 0 Å². The average molecular weight is 368 g/mol. The summed E-state index contributed by atoms with van der Waals surface area (Å²) in [5, 5.41) is 1.16. The molecule has 27 heavy (non-hydrogen) atoms. The van der Waals surface area contributed by atoms with E-state index in [2.05, 4.69) is 47.3 Å². The van der Waals surface area contributed by atoms with E-state index < -0.39 is 11.5 Å². The van der Waals surface area contributed by atoms with Gasteiger partial charge in [-0.3, -0.25) is 4.79 Å². The number of aromatic amines is 1. The van der Waals surface area contributed by atoms with Gasteiger partial charge >= 0.3 is 5.97 Å². The van der Waals surface area contributed by atoms with Crippen molar-refractivity contribution in [2.75, 3.05) is 7.11 Å². The summed E-state index contributed by atoms with van der Waals surface area (Å²) in [7, 11) is 3.32. The molecular formula is C22H28N2O3. The maximum atomic E-state index is 12.3. The molecule has 0 saturated carbocycles. The molecule has 2 heterocycles. The average Bonchev–Trinajstić information content (AvgIpc) is 2.92. The number of H-pyrrole nitrogens is 1. The Morgan fingerprint density at radius 1 is 1.19 bits per heavy atom. The molecule has 0 amide bonds. The summed E-state index contributed by atoms with van der Waals surface area (Å²) in [6, 6.07) is 7.80. The van der Waals surface area contributed by atoms with Gasteiger partial charge in [0.25, 0.3) is 5.56 Å². The van der Waals surface area contributed by atoms with Crippen LogP contribution in [0.5, 0.6) is 0 Å². The molecule has 5 heteroatoms. The van der Waals surface area contributed by atoms with E-state index in [-0.39, 0.29) is 5.56 Å². The summed E-state index contributed by atoms with van der Waals surface area (Å²) < 4.78 is 6.85. The molecule has 2 aromatic heterocycles. The van der Waals surface area contributed by atoms with Crippen LogP contribution < -0.4 is 5.56 Å². The SMILES string of the molecule is CC.CCc1cc(C(=O)OC)c(=O)[nH]c1-c1ccc2c(c1)c(C)c(C)n2C. The van der Waals surface area contributed by atoms with Crippen LogP contribution in [-0.4, -0.2) is 22.6 Å². The Labute approximate surface area is 160 Å². The van der Waals surface area contributed by atoms with Gasteiger partial charge < -0.3 is 14.3 Å². The largest absolute Gasteiger partial charge is 0.465 e. The van der Waals surface area contributed by atoms with E-state index >= 15 is 0 Å². The van der Waals surface area contributed by atoms with Gasteiger partial charge in [0.15, 0.2) is 0 Å². The van der Waals surface area contributed by atoms with Gasteiger partial charge in [0.05, 0.1) is 12.8 Å². The highest BCUT2D eigenvalue weighted by molar-refractivity contribution is 5.91. The number of aromatic nitrogens is 2. The van der Waals surface area contributed by atoms with E-state index in [1.807, 2.05) is 26.8 Å². The van der Waals surface area contributed by atoms with Crippen molar-refractivity contribution in [3.05, 3.63) is 57.0 Å². The van der Waals surface area contributed by atoms with Crippen molar-refractivity contribution < 1.29 is 9.53 Å². The third kappa shape index (κ3) is 3.54. The fourth-order valence-electron chi connectivity index (χ4n) is 3.28. The molecule has 0 atom stereocenters. The number of ether oxygens (including phenoxy) is 1. The first kappa shape index (κ1) is 20.5. The highest BCUT2D eigenvalue weighted by Gasteiger charge is 2.16. The maximum absolute atomic E-state index is 12.3. The molecule has 0 aliphatic carbocycles. The number of esters is 1. The number of fused-ring (bicyclic) bond motifs is 1. The Morgan fingerprint density at radius 3 is 2.44 bits per heavy atom. The van der Waals surface area contributed by atoms with E-state index in [9.17, 15) is 9.59 Å². The van der Waals surface area contributed by atoms with Crippen molar-refractivity contribution in [2.24, 2.45) is 7.05 Å². The zero-order valence-electron chi connectivity index (χ0n) is 17.2. The van der Waals surface area contributed by atoms with Crippen molar-refractivity contribution in [1.82, 2.24) is 9.55 Å². The molecule has 3 rings (SSSR count). The second kappa shape index (κ2) is 8.25. The summed E-state index contributed by atoms with van der Waals surface area (Å²) in [5.74, 6) is -0.618. The lowest BCUT2D eigenvalue weighted by molar-refractivity contribution is 0.0598.